The van der Waals surface area contributed by atoms with Crippen LogP contribution in [0.15, 0.2) is 18.2 Å². The summed E-state index contributed by atoms with van der Waals surface area (Å²) in [6.45, 7) is -6.44. The second-order valence-corrected chi connectivity index (χ2v) is 2.96. The molecule has 0 saturated heterocycles. The number of rotatable bonds is 4. The Hall–Kier alpha value is 0.301. The third-order valence-corrected chi connectivity index (χ3v) is 1.70. The smallest absolute Gasteiger partial charge is 0.488 e. The predicted octanol–water partition coefficient (Wildman–Crippen LogP) is -0.472. The zero-order valence-corrected chi connectivity index (χ0v) is 11.9. The molecule has 0 radical (unpaired) electrons. The van der Waals surface area contributed by atoms with Crippen molar-refractivity contribution in [3.05, 3.63) is 24.0 Å². The van der Waals surface area contributed by atoms with Gasteiger partial charge >= 0.3 is 58.4 Å². The van der Waals surface area contributed by atoms with Crippen LogP contribution in [-0.4, -0.2) is 20.0 Å². The number of ether oxygens (including phenoxy) is 1. The Morgan fingerprint density at radius 1 is 1.18 bits per heavy atom. The Bertz CT molecular complexity index is 370. The van der Waals surface area contributed by atoms with Crippen molar-refractivity contribution < 1.29 is 82.2 Å². The molecular weight excluding hydrogens is 276 g/mol. The molecule has 0 saturated carbocycles. The van der Waals surface area contributed by atoms with E-state index >= 15 is 0 Å². The van der Waals surface area contributed by atoms with Crippen molar-refractivity contribution in [2.45, 2.75) is 6.43 Å². The normalized spacial score (nSPS) is 11.2. The van der Waals surface area contributed by atoms with Crippen molar-refractivity contribution in [2.75, 3.05) is 6.61 Å². The molecule has 1 rings (SSSR count). The van der Waals surface area contributed by atoms with E-state index < -0.39 is 31.3 Å². The molecule has 0 unspecified atom stereocenters. The minimum absolute atomic E-state index is 0. The molecule has 0 heterocycles. The van der Waals surface area contributed by atoms with Crippen LogP contribution in [0.3, 0.4) is 0 Å². The monoisotopic (exact) mass is 282 g/mol. The van der Waals surface area contributed by atoms with Gasteiger partial charge in [-0.3, -0.25) is 0 Å². The van der Waals surface area contributed by atoms with Gasteiger partial charge < -0.3 is 17.7 Å². The van der Waals surface area contributed by atoms with E-state index in [1.54, 1.807) is 0 Å². The van der Waals surface area contributed by atoms with E-state index in [-0.39, 0.29) is 57.1 Å². The fourth-order valence-corrected chi connectivity index (χ4v) is 1.02. The van der Waals surface area contributed by atoms with Gasteiger partial charge in [0.25, 0.3) is 6.43 Å². The quantitative estimate of drug-likeness (QED) is 0.536. The summed E-state index contributed by atoms with van der Waals surface area (Å²) in [7, 11) is 0. The summed E-state index contributed by atoms with van der Waals surface area (Å²) in [5.41, 5.74) is -1.40. The van der Waals surface area contributed by atoms with Gasteiger partial charge in [-0.25, -0.2) is 13.2 Å². The zero-order chi connectivity index (χ0) is 12.3. The maximum absolute atomic E-state index is 12.9. The van der Waals surface area contributed by atoms with E-state index in [1.807, 2.05) is 0 Å². The molecule has 90 valence electrons. The molecule has 1 nitrogen and oxygen atoms in total. The van der Waals surface area contributed by atoms with Gasteiger partial charge in [0.15, 0.2) is 0 Å². The molecule has 1 aromatic rings. The summed E-state index contributed by atoms with van der Waals surface area (Å²) < 4.78 is 77.1. The summed E-state index contributed by atoms with van der Waals surface area (Å²) in [5.74, 6) is -1.89. The average molecular weight is 282 g/mol. The van der Waals surface area contributed by atoms with Gasteiger partial charge in [0.2, 0.25) is 0 Å². The molecule has 1 aromatic carbocycles. The van der Waals surface area contributed by atoms with E-state index in [9.17, 15) is 26.1 Å². The number of hydrogen-bond donors (Lipinski definition) is 0. The summed E-state index contributed by atoms with van der Waals surface area (Å²) in [5, 5.41) is 0. The molecule has 0 aliphatic heterocycles. The molecule has 0 fully saturated rings. The minimum atomic E-state index is -5.45. The fraction of sp³-hybridized carbons (Fsp3) is 0.250. The van der Waals surface area contributed by atoms with Crippen molar-refractivity contribution >= 4 is 12.4 Å². The molecule has 0 amide bonds. The molecule has 0 N–H and O–H groups in total. The van der Waals surface area contributed by atoms with Crippen LogP contribution in [0.2, 0.25) is 0 Å². The average Bonchev–Trinajstić information content (AvgIpc) is 2.12. The van der Waals surface area contributed by atoms with Crippen LogP contribution in [0.4, 0.5) is 26.1 Å². The molecule has 0 aromatic heterocycles. The van der Waals surface area contributed by atoms with Crippen LogP contribution in [-0.2, 0) is 0 Å². The van der Waals surface area contributed by atoms with E-state index in [0.29, 0.717) is 12.1 Å². The van der Waals surface area contributed by atoms with Crippen molar-refractivity contribution in [2.24, 2.45) is 0 Å². The third-order valence-electron chi connectivity index (χ3n) is 1.70. The summed E-state index contributed by atoms with van der Waals surface area (Å²) in [6.07, 6.45) is -2.77. The van der Waals surface area contributed by atoms with Gasteiger partial charge in [0.05, 0.1) is 5.82 Å². The first-order chi connectivity index (χ1) is 7.30. The first-order valence-corrected chi connectivity index (χ1v) is 4.21. The SMILES string of the molecule is Fc1cc(OCC(F)F)ccc1[B-](F)(F)F.[K+]. The van der Waals surface area contributed by atoms with Crippen LogP contribution in [0.25, 0.3) is 0 Å². The van der Waals surface area contributed by atoms with E-state index in [0.717, 1.165) is 6.07 Å². The van der Waals surface area contributed by atoms with Crippen LogP contribution in [0.1, 0.15) is 0 Å². The predicted molar refractivity (Wildman–Crippen MR) is 46.6 cm³/mol. The number of alkyl halides is 2. The summed E-state index contributed by atoms with van der Waals surface area (Å²) >= 11 is 0. The molecule has 0 spiro atoms. The molecular formula is C8H6BF6KO. The van der Waals surface area contributed by atoms with Crippen LogP contribution >= 0.6 is 0 Å². The van der Waals surface area contributed by atoms with E-state index in [4.69, 9.17) is 0 Å². The molecule has 17 heavy (non-hydrogen) atoms. The Morgan fingerprint density at radius 2 is 1.76 bits per heavy atom. The summed E-state index contributed by atoms with van der Waals surface area (Å²) in [6, 6.07) is 1.71. The number of halogens is 6. The second kappa shape index (κ2) is 7.03. The van der Waals surface area contributed by atoms with Gasteiger partial charge in [0.1, 0.15) is 12.4 Å². The maximum Gasteiger partial charge on any atom is 1.00 e. The van der Waals surface area contributed by atoms with Crippen molar-refractivity contribution in [1.29, 1.82) is 0 Å². The Labute approximate surface area is 136 Å². The molecule has 0 atom stereocenters. The number of hydrogen-bond acceptors (Lipinski definition) is 1. The molecule has 0 aliphatic rings. The zero-order valence-electron chi connectivity index (χ0n) is 8.77. The fourth-order valence-electron chi connectivity index (χ4n) is 1.02. The second-order valence-electron chi connectivity index (χ2n) is 2.96. The molecule has 0 bridgehead atoms. The van der Waals surface area contributed by atoms with E-state index in [1.165, 1.54) is 0 Å². The largest absolute Gasteiger partial charge is 1.00 e. The minimum Gasteiger partial charge on any atom is -0.488 e. The van der Waals surface area contributed by atoms with Gasteiger partial charge in [-0.15, -0.1) is 0 Å². The molecule has 0 aliphatic carbocycles. The topological polar surface area (TPSA) is 9.23 Å². The Morgan fingerprint density at radius 3 is 2.18 bits per heavy atom. The molecule has 9 heteroatoms. The third kappa shape index (κ3) is 5.65. The van der Waals surface area contributed by atoms with Crippen molar-refractivity contribution in [3.8, 4) is 5.75 Å². The van der Waals surface area contributed by atoms with Crippen molar-refractivity contribution in [1.82, 2.24) is 0 Å². The Kier molecular flexibility index (Phi) is 7.15. The standard InChI is InChI=1S/C8H6BF6O.K/c10-7-3-5(16-4-8(11)12)1-2-6(7)9(13,14)15;/h1-3,8H,4H2;/q-1;+1. The van der Waals surface area contributed by atoms with E-state index in [2.05, 4.69) is 4.74 Å². The number of benzene rings is 1. The maximum atomic E-state index is 12.9. The first-order valence-electron chi connectivity index (χ1n) is 4.21. The van der Waals surface area contributed by atoms with Gasteiger partial charge in [-0.05, 0) is 6.07 Å². The van der Waals surface area contributed by atoms with Crippen LogP contribution in [0.5, 0.6) is 5.75 Å². The van der Waals surface area contributed by atoms with Gasteiger partial charge in [0, 0.05) is 6.07 Å². The van der Waals surface area contributed by atoms with Crippen LogP contribution in [0, 0.1) is 5.82 Å². The van der Waals surface area contributed by atoms with Crippen LogP contribution < -0.4 is 61.6 Å². The van der Waals surface area contributed by atoms with Gasteiger partial charge in [-0.2, -0.15) is 0 Å². The van der Waals surface area contributed by atoms with Crippen molar-refractivity contribution in [3.63, 3.8) is 0 Å². The van der Waals surface area contributed by atoms with Gasteiger partial charge in [-0.1, -0.05) is 11.5 Å². The summed E-state index contributed by atoms with van der Waals surface area (Å²) in [4.78, 5) is 0. The Balaban J connectivity index is 0.00000256. The first kappa shape index (κ1) is 17.3.